The van der Waals surface area contributed by atoms with Crippen LogP contribution >= 0.6 is 22.9 Å². The molecular formula is C30H30ClF4N7OS. The van der Waals surface area contributed by atoms with Crippen LogP contribution in [0.15, 0.2) is 18.2 Å². The van der Waals surface area contributed by atoms with Crippen molar-refractivity contribution in [2.24, 2.45) is 0 Å². The van der Waals surface area contributed by atoms with Crippen LogP contribution in [0.1, 0.15) is 38.5 Å². The third kappa shape index (κ3) is 4.33. The second-order valence-electron chi connectivity index (χ2n) is 12.5. The van der Waals surface area contributed by atoms with Gasteiger partial charge in [0.05, 0.1) is 26.3 Å². The molecule has 6 heterocycles. The van der Waals surface area contributed by atoms with Gasteiger partial charge in [0.25, 0.3) is 6.43 Å². The molecule has 3 N–H and O–H groups in total. The third-order valence-corrected chi connectivity index (χ3v) is 11.2. The highest BCUT2D eigenvalue weighted by Gasteiger charge is 2.51. The van der Waals surface area contributed by atoms with Crippen LogP contribution in [0.25, 0.3) is 32.2 Å². The summed E-state index contributed by atoms with van der Waals surface area (Å²) in [6.07, 6.45) is 2.48. The number of nitrogen functional groups attached to an aromatic ring is 1. The summed E-state index contributed by atoms with van der Waals surface area (Å²) in [5.74, 6) is -0.988. The Morgan fingerprint density at radius 1 is 1.11 bits per heavy atom. The molecular weight excluding hydrogens is 618 g/mol. The monoisotopic (exact) mass is 647 g/mol. The number of fused-ring (bicyclic) bond motifs is 5. The third-order valence-electron chi connectivity index (χ3n) is 9.97. The van der Waals surface area contributed by atoms with Crippen molar-refractivity contribution in [1.29, 1.82) is 0 Å². The van der Waals surface area contributed by atoms with Crippen LogP contribution in [0, 0.1) is 11.6 Å². The molecule has 2 aromatic carbocycles. The smallest absolute Gasteiger partial charge is 0.319 e. The van der Waals surface area contributed by atoms with Gasteiger partial charge < -0.3 is 20.7 Å². The average molecular weight is 648 g/mol. The highest BCUT2D eigenvalue weighted by molar-refractivity contribution is 7.22. The van der Waals surface area contributed by atoms with Crippen molar-refractivity contribution in [2.45, 2.75) is 62.1 Å². The maximum atomic E-state index is 16.8. The Morgan fingerprint density at radius 2 is 1.91 bits per heavy atom. The van der Waals surface area contributed by atoms with Gasteiger partial charge in [-0.3, -0.25) is 4.90 Å². The van der Waals surface area contributed by atoms with Crippen molar-refractivity contribution in [1.82, 2.24) is 25.2 Å². The number of nitrogens with one attached hydrogen (secondary N) is 1. The number of ether oxygens (including phenoxy) is 1. The Hall–Kier alpha value is -3.00. The van der Waals surface area contributed by atoms with Crippen LogP contribution in [-0.2, 0) is 0 Å². The predicted molar refractivity (Wildman–Crippen MR) is 163 cm³/mol. The van der Waals surface area contributed by atoms with E-state index in [-0.39, 0.29) is 66.5 Å². The van der Waals surface area contributed by atoms with E-state index in [0.717, 1.165) is 50.1 Å². The van der Waals surface area contributed by atoms with Crippen LogP contribution < -0.4 is 20.7 Å². The number of benzene rings is 2. The number of hydrogen-bond donors (Lipinski definition) is 2. The molecule has 4 fully saturated rings. The fourth-order valence-corrected chi connectivity index (χ4v) is 8.94. The highest BCUT2D eigenvalue weighted by Crippen LogP contribution is 2.45. The Morgan fingerprint density at radius 3 is 2.68 bits per heavy atom. The van der Waals surface area contributed by atoms with Gasteiger partial charge in [0.2, 0.25) is 0 Å². The molecule has 14 heteroatoms. The number of hydrogen-bond acceptors (Lipinski definition) is 9. The number of aromatic nitrogens is 3. The first-order valence-corrected chi connectivity index (χ1v) is 16.1. The number of anilines is 2. The number of halogens is 5. The summed E-state index contributed by atoms with van der Waals surface area (Å²) in [5, 5.41) is 3.56. The van der Waals surface area contributed by atoms with Crippen LogP contribution in [0.5, 0.6) is 6.01 Å². The lowest BCUT2D eigenvalue weighted by Crippen LogP contribution is -2.63. The zero-order valence-electron chi connectivity index (χ0n) is 23.7. The standard InChI is InChI=1S/C30H30ClF4N7OS/c31-18-11-17-22(21(33)20(18)16-3-4-19(32)24-23(16)37-27(36)44-24)38-28(43-14-29-6-1-9-42(29)10-2-7-29)39-25(17)41-12-15-5-8-30(13-41,40-15)26(34)35/h3-4,11,15,26,40H,1-2,5-10,12-14H2,(H2,36,37)/t15-,30?/m1/s1. The van der Waals surface area contributed by atoms with Crippen molar-refractivity contribution in [3.05, 3.63) is 34.9 Å². The van der Waals surface area contributed by atoms with Crippen molar-refractivity contribution in [3.63, 3.8) is 0 Å². The number of nitrogens with zero attached hydrogens (tertiary/aromatic N) is 5. The number of alkyl halides is 2. The summed E-state index contributed by atoms with van der Waals surface area (Å²) in [6, 6.07) is 4.00. The highest BCUT2D eigenvalue weighted by atomic mass is 35.5. The van der Waals surface area contributed by atoms with E-state index in [4.69, 9.17) is 27.1 Å². The van der Waals surface area contributed by atoms with E-state index in [0.29, 0.717) is 31.8 Å². The molecule has 8 nitrogen and oxygen atoms in total. The first kappa shape index (κ1) is 28.5. The van der Waals surface area contributed by atoms with Gasteiger partial charge in [-0.25, -0.2) is 22.5 Å². The second-order valence-corrected chi connectivity index (χ2v) is 14.0. The molecule has 8 rings (SSSR count). The molecule has 2 aromatic heterocycles. The van der Waals surface area contributed by atoms with E-state index >= 15 is 4.39 Å². The summed E-state index contributed by atoms with van der Waals surface area (Å²) in [5.41, 5.74) is 4.78. The lowest BCUT2D eigenvalue weighted by molar-refractivity contribution is 0.0367. The fourth-order valence-electron chi connectivity index (χ4n) is 7.88. The van der Waals surface area contributed by atoms with E-state index in [1.807, 2.05) is 0 Å². The molecule has 0 radical (unpaired) electrons. The number of piperazine rings is 1. The first-order valence-electron chi connectivity index (χ1n) is 14.9. The Kier molecular flexibility index (Phi) is 6.64. The predicted octanol–water partition coefficient (Wildman–Crippen LogP) is 6.00. The van der Waals surface area contributed by atoms with Gasteiger partial charge in [-0.1, -0.05) is 22.9 Å². The topological polar surface area (TPSA) is 92.4 Å². The average Bonchev–Trinajstić information content (AvgIpc) is 3.75. The molecule has 0 spiro atoms. The van der Waals surface area contributed by atoms with Crippen LogP contribution in [0.3, 0.4) is 0 Å². The van der Waals surface area contributed by atoms with Gasteiger partial charge in [-0.2, -0.15) is 9.97 Å². The molecule has 44 heavy (non-hydrogen) atoms. The minimum absolute atomic E-state index is 0.00847. The summed E-state index contributed by atoms with van der Waals surface area (Å²) < 4.78 is 66.5. The summed E-state index contributed by atoms with van der Waals surface area (Å²) in [6.45, 7) is 2.77. The van der Waals surface area contributed by atoms with Gasteiger partial charge in [0.1, 0.15) is 23.8 Å². The van der Waals surface area contributed by atoms with Crippen LogP contribution in [-0.4, -0.2) is 76.2 Å². The van der Waals surface area contributed by atoms with Crippen molar-refractivity contribution >= 4 is 55.0 Å². The molecule has 232 valence electrons. The lowest BCUT2D eigenvalue weighted by Gasteiger charge is -2.41. The minimum atomic E-state index is -2.59. The molecule has 4 aromatic rings. The fraction of sp³-hybridized carbons (Fsp3) is 0.500. The summed E-state index contributed by atoms with van der Waals surface area (Å²) >= 11 is 7.73. The molecule has 0 amide bonds. The van der Waals surface area contributed by atoms with E-state index < -0.39 is 23.6 Å². The largest absolute Gasteiger partial charge is 0.461 e. The van der Waals surface area contributed by atoms with Crippen LogP contribution in [0.4, 0.5) is 28.5 Å². The van der Waals surface area contributed by atoms with Gasteiger partial charge >= 0.3 is 6.01 Å². The maximum Gasteiger partial charge on any atom is 0.319 e. The van der Waals surface area contributed by atoms with Crippen molar-refractivity contribution in [3.8, 4) is 17.1 Å². The second kappa shape index (κ2) is 10.3. The zero-order valence-corrected chi connectivity index (χ0v) is 25.3. The Bertz CT molecular complexity index is 1800. The summed E-state index contributed by atoms with van der Waals surface area (Å²) in [4.78, 5) is 17.7. The quantitative estimate of drug-likeness (QED) is 0.246. The lowest BCUT2D eigenvalue weighted by atomic mass is 9.95. The molecule has 1 unspecified atom stereocenters. The Labute approximate surface area is 259 Å². The van der Waals surface area contributed by atoms with Crippen molar-refractivity contribution in [2.75, 3.05) is 43.4 Å². The molecule has 2 atom stereocenters. The molecule has 4 aliphatic heterocycles. The molecule has 0 saturated carbocycles. The number of nitrogens with two attached hydrogens (primary N) is 1. The van der Waals surface area contributed by atoms with E-state index in [1.165, 1.54) is 12.1 Å². The first-order chi connectivity index (χ1) is 21.2. The number of rotatable bonds is 6. The molecule has 4 aliphatic rings. The van der Waals surface area contributed by atoms with E-state index in [9.17, 15) is 13.2 Å². The molecule has 0 aliphatic carbocycles. The summed E-state index contributed by atoms with van der Waals surface area (Å²) in [7, 11) is 0. The van der Waals surface area contributed by atoms with Gasteiger partial charge in [-0.15, -0.1) is 0 Å². The SMILES string of the molecule is Nc1nc2c(-c3c(Cl)cc4c(N5C[C@H]6CCC(C(F)F)(C5)N6)nc(OCC56CCCN5CCC6)nc4c3F)ccc(F)c2s1. The molecule has 4 saturated heterocycles. The van der Waals surface area contributed by atoms with Gasteiger partial charge in [0, 0.05) is 35.6 Å². The Balaban J connectivity index is 1.28. The van der Waals surface area contributed by atoms with Crippen molar-refractivity contribution < 1.29 is 22.3 Å². The normalized spacial score (nSPS) is 24.7. The number of thiazole rings is 1. The molecule has 2 bridgehead atoms. The minimum Gasteiger partial charge on any atom is -0.461 e. The van der Waals surface area contributed by atoms with Gasteiger partial charge in [0.15, 0.2) is 10.9 Å². The van der Waals surface area contributed by atoms with E-state index in [1.54, 1.807) is 11.0 Å². The van der Waals surface area contributed by atoms with Gasteiger partial charge in [-0.05, 0) is 69.8 Å². The maximum absolute atomic E-state index is 16.8. The van der Waals surface area contributed by atoms with Crippen LogP contribution in [0.2, 0.25) is 5.02 Å². The zero-order chi connectivity index (χ0) is 30.4. The van der Waals surface area contributed by atoms with E-state index in [2.05, 4.69) is 20.2 Å².